The van der Waals surface area contributed by atoms with Crippen molar-refractivity contribution in [2.75, 3.05) is 0 Å². The summed E-state index contributed by atoms with van der Waals surface area (Å²) >= 11 is 7.89. The van der Waals surface area contributed by atoms with Gasteiger partial charge in [-0.2, -0.15) is 0 Å². The Morgan fingerprint density at radius 3 is 2.48 bits per heavy atom. The highest BCUT2D eigenvalue weighted by Gasteiger charge is 2.13. The first-order valence-corrected chi connectivity index (χ1v) is 7.93. The van der Waals surface area contributed by atoms with Gasteiger partial charge in [0.05, 0.1) is 5.02 Å². The van der Waals surface area contributed by atoms with Crippen LogP contribution in [0.25, 0.3) is 11.4 Å². The van der Waals surface area contributed by atoms with Crippen molar-refractivity contribution in [3.05, 3.63) is 65.2 Å². The van der Waals surface area contributed by atoms with Crippen molar-refractivity contribution in [3.8, 4) is 11.4 Å². The molecule has 0 saturated carbocycles. The van der Waals surface area contributed by atoms with Crippen molar-refractivity contribution in [1.29, 1.82) is 0 Å². The molecule has 0 N–H and O–H groups in total. The minimum Gasteiger partial charge on any atom is -0.305 e. The number of hydrogen-bond acceptors (Lipinski definition) is 3. The van der Waals surface area contributed by atoms with Gasteiger partial charge in [-0.1, -0.05) is 65.8 Å². The lowest BCUT2D eigenvalue weighted by Gasteiger charge is -2.05. The van der Waals surface area contributed by atoms with Crippen molar-refractivity contribution < 1.29 is 0 Å². The summed E-state index contributed by atoms with van der Waals surface area (Å²) in [5, 5.41) is 10.1. The highest BCUT2D eigenvalue weighted by atomic mass is 35.5. The first-order chi connectivity index (χ1) is 10.3. The van der Waals surface area contributed by atoms with Crippen LogP contribution in [-0.2, 0) is 12.8 Å². The largest absolute Gasteiger partial charge is 0.305 e. The summed E-state index contributed by atoms with van der Waals surface area (Å²) in [5.74, 6) is 1.66. The Morgan fingerprint density at radius 2 is 1.71 bits per heavy atom. The number of hydrogen-bond donors (Lipinski definition) is 0. The fourth-order valence-electron chi connectivity index (χ4n) is 2.04. The van der Waals surface area contributed by atoms with Gasteiger partial charge in [0.15, 0.2) is 11.0 Å². The van der Waals surface area contributed by atoms with E-state index in [0.29, 0.717) is 5.02 Å². The highest BCUT2D eigenvalue weighted by molar-refractivity contribution is 7.98. The quantitative estimate of drug-likeness (QED) is 0.667. The summed E-state index contributed by atoms with van der Waals surface area (Å²) < 4.78 is 1.98. The standard InChI is InChI=1S/C16H14ClN3S/c1-20-15(13-9-5-6-10-14(13)17)18-19-16(20)21-11-12-7-3-2-4-8-12/h2-10H,11H2,1H3. The van der Waals surface area contributed by atoms with E-state index in [-0.39, 0.29) is 0 Å². The van der Waals surface area contributed by atoms with E-state index in [1.54, 1.807) is 11.8 Å². The third-order valence-electron chi connectivity index (χ3n) is 3.16. The van der Waals surface area contributed by atoms with E-state index in [4.69, 9.17) is 11.6 Å². The lowest BCUT2D eigenvalue weighted by atomic mass is 10.2. The van der Waals surface area contributed by atoms with Crippen LogP contribution in [0.2, 0.25) is 5.02 Å². The number of benzene rings is 2. The number of aromatic nitrogens is 3. The van der Waals surface area contributed by atoms with Gasteiger partial charge in [0, 0.05) is 18.4 Å². The summed E-state index contributed by atoms with van der Waals surface area (Å²) in [5.41, 5.74) is 2.17. The fourth-order valence-corrected chi connectivity index (χ4v) is 3.13. The van der Waals surface area contributed by atoms with Crippen LogP contribution in [0.3, 0.4) is 0 Å². The molecule has 0 saturated heterocycles. The van der Waals surface area contributed by atoms with Crippen LogP contribution in [0.15, 0.2) is 59.8 Å². The van der Waals surface area contributed by atoms with Gasteiger partial charge in [-0.25, -0.2) is 0 Å². The van der Waals surface area contributed by atoms with E-state index >= 15 is 0 Å². The van der Waals surface area contributed by atoms with E-state index in [2.05, 4.69) is 22.3 Å². The molecule has 0 aliphatic heterocycles. The lowest BCUT2D eigenvalue weighted by Crippen LogP contribution is -1.95. The molecule has 0 radical (unpaired) electrons. The van der Waals surface area contributed by atoms with Crippen LogP contribution in [0.5, 0.6) is 0 Å². The highest BCUT2D eigenvalue weighted by Crippen LogP contribution is 2.29. The van der Waals surface area contributed by atoms with Crippen LogP contribution in [-0.4, -0.2) is 14.8 Å². The van der Waals surface area contributed by atoms with Crippen molar-refractivity contribution in [2.24, 2.45) is 7.05 Å². The molecule has 0 aliphatic carbocycles. The van der Waals surface area contributed by atoms with Gasteiger partial charge in [0.2, 0.25) is 0 Å². The van der Waals surface area contributed by atoms with E-state index in [0.717, 1.165) is 22.3 Å². The maximum absolute atomic E-state index is 6.23. The second-order valence-corrected chi connectivity index (χ2v) is 5.97. The molecular formula is C16H14ClN3S. The van der Waals surface area contributed by atoms with Gasteiger partial charge in [0.25, 0.3) is 0 Å². The van der Waals surface area contributed by atoms with Gasteiger partial charge in [-0.3, -0.25) is 0 Å². The first-order valence-electron chi connectivity index (χ1n) is 6.57. The molecule has 1 heterocycles. The van der Waals surface area contributed by atoms with Crippen LogP contribution in [0.1, 0.15) is 5.56 Å². The van der Waals surface area contributed by atoms with E-state index in [1.165, 1.54) is 5.56 Å². The zero-order chi connectivity index (χ0) is 14.7. The second-order valence-electron chi connectivity index (χ2n) is 4.62. The summed E-state index contributed by atoms with van der Waals surface area (Å²) in [7, 11) is 1.96. The van der Waals surface area contributed by atoms with Crippen molar-refractivity contribution in [1.82, 2.24) is 14.8 Å². The molecule has 5 heteroatoms. The van der Waals surface area contributed by atoms with Gasteiger partial charge in [-0.05, 0) is 17.7 Å². The lowest BCUT2D eigenvalue weighted by molar-refractivity contribution is 0.794. The molecule has 0 bridgehead atoms. The Bertz CT molecular complexity index is 740. The van der Waals surface area contributed by atoms with Crippen molar-refractivity contribution in [2.45, 2.75) is 10.9 Å². The Hall–Kier alpha value is -1.78. The molecule has 0 aliphatic rings. The molecule has 21 heavy (non-hydrogen) atoms. The van der Waals surface area contributed by atoms with Gasteiger partial charge >= 0.3 is 0 Å². The Balaban J connectivity index is 1.82. The van der Waals surface area contributed by atoms with Crippen molar-refractivity contribution in [3.63, 3.8) is 0 Å². The molecule has 0 amide bonds. The molecule has 2 aromatic carbocycles. The summed E-state index contributed by atoms with van der Waals surface area (Å²) in [6, 6.07) is 18.0. The Labute approximate surface area is 133 Å². The second kappa shape index (κ2) is 6.33. The zero-order valence-electron chi connectivity index (χ0n) is 11.5. The molecule has 3 nitrogen and oxygen atoms in total. The molecule has 0 fully saturated rings. The predicted octanol–water partition coefficient (Wildman–Crippen LogP) is 4.43. The number of rotatable bonds is 4. The molecule has 3 aromatic rings. The summed E-state index contributed by atoms with van der Waals surface area (Å²) in [4.78, 5) is 0. The third-order valence-corrected chi connectivity index (χ3v) is 4.58. The predicted molar refractivity (Wildman–Crippen MR) is 87.5 cm³/mol. The van der Waals surface area contributed by atoms with Crippen LogP contribution < -0.4 is 0 Å². The maximum Gasteiger partial charge on any atom is 0.191 e. The summed E-state index contributed by atoms with van der Waals surface area (Å²) in [6.45, 7) is 0. The molecule has 0 spiro atoms. The molecular weight excluding hydrogens is 302 g/mol. The number of thioether (sulfide) groups is 1. The number of halogens is 1. The van der Waals surface area contributed by atoms with Gasteiger partial charge < -0.3 is 4.57 Å². The third kappa shape index (κ3) is 3.12. The first kappa shape index (κ1) is 14.2. The molecule has 3 rings (SSSR count). The zero-order valence-corrected chi connectivity index (χ0v) is 13.1. The normalized spacial score (nSPS) is 10.8. The van der Waals surface area contributed by atoms with Gasteiger partial charge in [-0.15, -0.1) is 10.2 Å². The van der Waals surface area contributed by atoms with E-state index < -0.39 is 0 Å². The topological polar surface area (TPSA) is 30.7 Å². The minimum absolute atomic E-state index is 0.688. The summed E-state index contributed by atoms with van der Waals surface area (Å²) in [6.07, 6.45) is 0. The van der Waals surface area contributed by atoms with E-state index in [1.807, 2.05) is 54.1 Å². The molecule has 0 atom stereocenters. The van der Waals surface area contributed by atoms with Crippen LogP contribution in [0.4, 0.5) is 0 Å². The van der Waals surface area contributed by atoms with Crippen LogP contribution in [0, 0.1) is 0 Å². The van der Waals surface area contributed by atoms with Crippen LogP contribution >= 0.6 is 23.4 Å². The average molecular weight is 316 g/mol. The van der Waals surface area contributed by atoms with Gasteiger partial charge in [0.1, 0.15) is 0 Å². The maximum atomic E-state index is 6.23. The Morgan fingerprint density at radius 1 is 1.00 bits per heavy atom. The van der Waals surface area contributed by atoms with Crippen molar-refractivity contribution >= 4 is 23.4 Å². The molecule has 106 valence electrons. The molecule has 0 unspecified atom stereocenters. The average Bonchev–Trinajstić information content (AvgIpc) is 2.88. The number of nitrogens with zero attached hydrogens (tertiary/aromatic N) is 3. The smallest absolute Gasteiger partial charge is 0.191 e. The Kier molecular flexibility index (Phi) is 4.27. The monoisotopic (exact) mass is 315 g/mol. The van der Waals surface area contributed by atoms with E-state index in [9.17, 15) is 0 Å². The fraction of sp³-hybridized carbons (Fsp3) is 0.125. The minimum atomic E-state index is 0.688. The molecule has 1 aromatic heterocycles. The SMILES string of the molecule is Cn1c(SCc2ccccc2)nnc1-c1ccccc1Cl.